The second-order valence-corrected chi connectivity index (χ2v) is 5.03. The molecule has 0 spiro atoms. The molecule has 0 aromatic heterocycles. The van der Waals surface area contributed by atoms with Gasteiger partial charge in [-0.3, -0.25) is 9.52 Å². The lowest BCUT2D eigenvalue weighted by molar-refractivity contribution is -0.123. The van der Waals surface area contributed by atoms with Crippen LogP contribution in [0.25, 0.3) is 0 Å². The minimum Gasteiger partial charge on any atom is -0.316 e. The van der Waals surface area contributed by atoms with Crippen LogP contribution in [0.3, 0.4) is 0 Å². The zero-order valence-corrected chi connectivity index (χ0v) is 9.58. The summed E-state index contributed by atoms with van der Waals surface area (Å²) >= 11 is 0. The Labute approximate surface area is 90.1 Å². The van der Waals surface area contributed by atoms with Gasteiger partial charge in [0.1, 0.15) is 0 Å². The summed E-state index contributed by atoms with van der Waals surface area (Å²) in [7, 11) is -3.40. The standard InChI is InChI=1S/C7H14N2O3S.ClH/c1-13(11,12)9-7(10)6-3-2-4-8-5-6;/h6,8H,2-5H2,1H3,(H,9,10);1H. The van der Waals surface area contributed by atoms with Gasteiger partial charge in [-0.05, 0) is 19.4 Å². The van der Waals surface area contributed by atoms with Gasteiger partial charge in [-0.25, -0.2) is 8.42 Å². The molecular formula is C7H15ClN2O3S. The number of nitrogens with one attached hydrogen (secondary N) is 2. The number of hydrogen-bond donors (Lipinski definition) is 2. The lowest BCUT2D eigenvalue weighted by Gasteiger charge is -2.21. The smallest absolute Gasteiger partial charge is 0.237 e. The molecule has 0 aliphatic carbocycles. The predicted octanol–water partition coefficient (Wildman–Crippen LogP) is -0.516. The van der Waals surface area contributed by atoms with Gasteiger partial charge in [0.2, 0.25) is 15.9 Å². The Kier molecular flexibility index (Phi) is 5.40. The summed E-state index contributed by atoms with van der Waals surface area (Å²) in [6.07, 6.45) is 2.66. The van der Waals surface area contributed by atoms with E-state index in [2.05, 4.69) is 5.32 Å². The Morgan fingerprint density at radius 1 is 1.50 bits per heavy atom. The van der Waals surface area contributed by atoms with Gasteiger partial charge in [-0.1, -0.05) is 0 Å². The van der Waals surface area contributed by atoms with E-state index in [-0.39, 0.29) is 18.3 Å². The maximum absolute atomic E-state index is 11.3. The van der Waals surface area contributed by atoms with E-state index in [1.807, 2.05) is 4.72 Å². The second kappa shape index (κ2) is 5.53. The van der Waals surface area contributed by atoms with Crippen LogP contribution < -0.4 is 10.0 Å². The van der Waals surface area contributed by atoms with Crippen molar-refractivity contribution in [3.63, 3.8) is 0 Å². The molecule has 1 atom stereocenters. The monoisotopic (exact) mass is 242 g/mol. The highest BCUT2D eigenvalue weighted by atomic mass is 35.5. The average molecular weight is 243 g/mol. The van der Waals surface area contributed by atoms with E-state index in [4.69, 9.17) is 0 Å². The van der Waals surface area contributed by atoms with Gasteiger partial charge >= 0.3 is 0 Å². The molecule has 0 bridgehead atoms. The van der Waals surface area contributed by atoms with Gasteiger partial charge in [0.25, 0.3) is 0 Å². The topological polar surface area (TPSA) is 75.3 Å². The fourth-order valence-electron chi connectivity index (χ4n) is 1.34. The number of rotatable bonds is 2. The summed E-state index contributed by atoms with van der Waals surface area (Å²) in [5, 5.41) is 3.05. The second-order valence-electron chi connectivity index (χ2n) is 3.28. The largest absolute Gasteiger partial charge is 0.316 e. The van der Waals surface area contributed by atoms with Crippen LogP contribution in [0.1, 0.15) is 12.8 Å². The number of carbonyl (C=O) groups is 1. The van der Waals surface area contributed by atoms with Crippen molar-refractivity contribution in [3.8, 4) is 0 Å². The molecular weight excluding hydrogens is 228 g/mol. The molecule has 14 heavy (non-hydrogen) atoms. The maximum Gasteiger partial charge on any atom is 0.237 e. The fourth-order valence-corrected chi connectivity index (χ4v) is 1.87. The van der Waals surface area contributed by atoms with Gasteiger partial charge in [0.05, 0.1) is 12.2 Å². The van der Waals surface area contributed by atoms with Crippen molar-refractivity contribution in [2.75, 3.05) is 19.3 Å². The SMILES string of the molecule is CS(=O)(=O)NC(=O)C1CCCNC1.Cl. The van der Waals surface area contributed by atoms with Gasteiger partial charge < -0.3 is 5.32 Å². The molecule has 5 nitrogen and oxygen atoms in total. The number of hydrogen-bond acceptors (Lipinski definition) is 4. The maximum atomic E-state index is 11.3. The van der Waals surface area contributed by atoms with Gasteiger partial charge in [0.15, 0.2) is 0 Å². The quantitative estimate of drug-likeness (QED) is 0.684. The normalized spacial score (nSPS) is 22.2. The third-order valence-electron chi connectivity index (χ3n) is 1.95. The lowest BCUT2D eigenvalue weighted by Crippen LogP contribution is -2.42. The van der Waals surface area contributed by atoms with E-state index in [1.165, 1.54) is 0 Å². The summed E-state index contributed by atoms with van der Waals surface area (Å²) in [6.45, 7) is 1.48. The Balaban J connectivity index is 0.00000169. The average Bonchev–Trinajstić information content (AvgIpc) is 2.03. The van der Waals surface area contributed by atoms with Crippen molar-refractivity contribution in [1.82, 2.24) is 10.0 Å². The Morgan fingerprint density at radius 3 is 2.57 bits per heavy atom. The zero-order valence-electron chi connectivity index (χ0n) is 7.95. The molecule has 1 aliphatic heterocycles. The van der Waals surface area contributed by atoms with E-state index in [9.17, 15) is 13.2 Å². The van der Waals surface area contributed by atoms with Crippen molar-refractivity contribution in [3.05, 3.63) is 0 Å². The minimum atomic E-state index is -3.40. The van der Waals surface area contributed by atoms with Crippen molar-refractivity contribution in [2.45, 2.75) is 12.8 Å². The summed E-state index contributed by atoms with van der Waals surface area (Å²) in [5.41, 5.74) is 0. The highest BCUT2D eigenvalue weighted by molar-refractivity contribution is 7.89. The molecule has 1 rings (SSSR count). The third kappa shape index (κ3) is 4.78. The first-order valence-electron chi connectivity index (χ1n) is 4.21. The first-order valence-corrected chi connectivity index (χ1v) is 6.10. The van der Waals surface area contributed by atoms with E-state index >= 15 is 0 Å². The Morgan fingerprint density at radius 2 is 2.14 bits per heavy atom. The highest BCUT2D eigenvalue weighted by Crippen LogP contribution is 2.09. The number of sulfonamides is 1. The lowest BCUT2D eigenvalue weighted by atomic mass is 9.99. The summed E-state index contributed by atoms with van der Waals surface area (Å²) in [6, 6.07) is 0. The molecule has 1 saturated heterocycles. The number of halogens is 1. The van der Waals surface area contributed by atoms with Gasteiger partial charge in [-0.15, -0.1) is 12.4 Å². The van der Waals surface area contributed by atoms with Crippen molar-refractivity contribution in [1.29, 1.82) is 0 Å². The molecule has 1 heterocycles. The summed E-state index contributed by atoms with van der Waals surface area (Å²) < 4.78 is 23.4. The van der Waals surface area contributed by atoms with E-state index in [0.717, 1.165) is 25.6 Å². The molecule has 1 unspecified atom stereocenters. The molecule has 7 heteroatoms. The first-order chi connectivity index (χ1) is 5.99. The number of carbonyl (C=O) groups excluding carboxylic acids is 1. The van der Waals surface area contributed by atoms with Crippen LogP contribution in [-0.4, -0.2) is 33.7 Å². The van der Waals surface area contributed by atoms with E-state index < -0.39 is 15.9 Å². The molecule has 1 amide bonds. The van der Waals surface area contributed by atoms with Crippen LogP contribution in [0.2, 0.25) is 0 Å². The van der Waals surface area contributed by atoms with E-state index in [1.54, 1.807) is 0 Å². The summed E-state index contributed by atoms with van der Waals surface area (Å²) in [4.78, 5) is 11.3. The van der Waals surface area contributed by atoms with Crippen molar-refractivity contribution < 1.29 is 13.2 Å². The van der Waals surface area contributed by atoms with Crippen LogP contribution in [0.5, 0.6) is 0 Å². The fraction of sp³-hybridized carbons (Fsp3) is 0.857. The number of amides is 1. The van der Waals surface area contributed by atoms with Crippen LogP contribution >= 0.6 is 12.4 Å². The Hall–Kier alpha value is -0.330. The number of piperidine rings is 1. The summed E-state index contributed by atoms with van der Waals surface area (Å²) in [5.74, 6) is -0.599. The van der Waals surface area contributed by atoms with Crippen molar-refractivity contribution in [2.24, 2.45) is 5.92 Å². The Bertz CT molecular complexity index is 285. The molecule has 1 fully saturated rings. The molecule has 2 N–H and O–H groups in total. The van der Waals surface area contributed by atoms with Crippen LogP contribution in [-0.2, 0) is 14.8 Å². The van der Waals surface area contributed by atoms with Gasteiger partial charge in [-0.2, -0.15) is 0 Å². The molecule has 0 saturated carbocycles. The first kappa shape index (κ1) is 13.7. The molecule has 0 aromatic rings. The van der Waals surface area contributed by atoms with Gasteiger partial charge in [0, 0.05) is 6.54 Å². The third-order valence-corrected chi connectivity index (χ3v) is 2.53. The van der Waals surface area contributed by atoms with Crippen LogP contribution in [0, 0.1) is 5.92 Å². The molecule has 1 aliphatic rings. The molecule has 0 radical (unpaired) electrons. The molecule has 84 valence electrons. The minimum absolute atomic E-state index is 0. The highest BCUT2D eigenvalue weighted by Gasteiger charge is 2.22. The zero-order chi connectivity index (χ0) is 9.90. The van der Waals surface area contributed by atoms with E-state index in [0.29, 0.717) is 6.54 Å². The van der Waals surface area contributed by atoms with Crippen molar-refractivity contribution >= 4 is 28.3 Å². The van der Waals surface area contributed by atoms with Crippen LogP contribution in [0.4, 0.5) is 0 Å². The van der Waals surface area contributed by atoms with Crippen LogP contribution in [0.15, 0.2) is 0 Å². The predicted molar refractivity (Wildman–Crippen MR) is 55.8 cm³/mol. The molecule has 0 aromatic carbocycles.